The highest BCUT2D eigenvalue weighted by molar-refractivity contribution is 5.66. The van der Waals surface area contributed by atoms with E-state index in [4.69, 9.17) is 5.11 Å². The van der Waals surface area contributed by atoms with Crippen molar-refractivity contribution < 1.29 is 5.11 Å². The Kier molecular flexibility index (Phi) is 3.14. The summed E-state index contributed by atoms with van der Waals surface area (Å²) >= 11 is 0. The summed E-state index contributed by atoms with van der Waals surface area (Å²) in [6.45, 7) is 1.06. The van der Waals surface area contributed by atoms with Crippen LogP contribution in [0.1, 0.15) is 12.8 Å². The second-order valence-electron chi connectivity index (χ2n) is 3.29. The summed E-state index contributed by atoms with van der Waals surface area (Å²) in [5, 5.41) is 16.0. The highest BCUT2D eigenvalue weighted by Gasteiger charge is 2.01. The second-order valence-corrected chi connectivity index (χ2v) is 3.29. The first kappa shape index (κ1) is 9.92. The molecule has 2 rings (SSSR count). The minimum atomic E-state index is 0.242. The van der Waals surface area contributed by atoms with Crippen molar-refractivity contribution in [1.29, 1.82) is 0 Å². The van der Waals surface area contributed by atoms with E-state index in [0.717, 1.165) is 30.7 Å². The van der Waals surface area contributed by atoms with Gasteiger partial charge in [-0.1, -0.05) is 0 Å². The van der Waals surface area contributed by atoms with Crippen LogP contribution in [0.5, 0.6) is 0 Å². The molecule has 2 aromatic rings. The molecule has 2 N–H and O–H groups in total. The Morgan fingerprint density at radius 2 is 2.27 bits per heavy atom. The van der Waals surface area contributed by atoms with Gasteiger partial charge in [0.15, 0.2) is 5.82 Å². The molecule has 0 saturated heterocycles. The molecule has 0 bridgehead atoms. The maximum Gasteiger partial charge on any atom is 0.152 e. The Labute approximate surface area is 87.8 Å². The summed E-state index contributed by atoms with van der Waals surface area (Å²) in [6, 6.07) is 1.92. The lowest BCUT2D eigenvalue weighted by Gasteiger charge is -2.05. The van der Waals surface area contributed by atoms with Gasteiger partial charge in [-0.15, -0.1) is 0 Å². The molecule has 0 aliphatic rings. The average molecular weight is 206 g/mol. The maximum atomic E-state index is 8.64. The minimum absolute atomic E-state index is 0.242. The van der Waals surface area contributed by atoms with Crippen molar-refractivity contribution in [2.45, 2.75) is 12.8 Å². The van der Waals surface area contributed by atoms with Gasteiger partial charge in [-0.05, 0) is 18.9 Å². The Balaban J connectivity index is 2.04. The van der Waals surface area contributed by atoms with Crippen molar-refractivity contribution >= 4 is 11.3 Å². The van der Waals surface area contributed by atoms with Gasteiger partial charge in [0.05, 0.1) is 6.20 Å². The fraction of sp³-hybridized carbons (Fsp3) is 0.400. The Hall–Kier alpha value is -1.62. The van der Waals surface area contributed by atoms with E-state index in [1.807, 2.05) is 12.3 Å². The van der Waals surface area contributed by atoms with Gasteiger partial charge in [-0.3, -0.25) is 0 Å². The van der Waals surface area contributed by atoms with E-state index in [1.165, 1.54) is 0 Å². The summed E-state index contributed by atoms with van der Waals surface area (Å²) in [5.74, 6) is 0.841. The predicted octanol–water partition coefficient (Wildman–Crippen LogP) is 0.914. The van der Waals surface area contributed by atoms with Gasteiger partial charge in [0.2, 0.25) is 0 Å². The number of unbranched alkanes of at least 4 members (excludes halogenated alkanes) is 1. The number of anilines is 1. The van der Waals surface area contributed by atoms with Gasteiger partial charge < -0.3 is 10.4 Å². The van der Waals surface area contributed by atoms with Crippen LogP contribution in [0.3, 0.4) is 0 Å². The topological polar surface area (TPSA) is 62.5 Å². The van der Waals surface area contributed by atoms with Crippen molar-refractivity contribution in [1.82, 2.24) is 14.6 Å². The molecule has 0 amide bonds. The third-order valence-corrected chi connectivity index (χ3v) is 2.20. The third-order valence-electron chi connectivity index (χ3n) is 2.20. The first-order valence-corrected chi connectivity index (χ1v) is 5.05. The molecule has 2 heterocycles. The lowest BCUT2D eigenvalue weighted by atomic mass is 10.3. The SMILES string of the molecule is OCCCCNc1nccn2nccc12. The fourth-order valence-corrected chi connectivity index (χ4v) is 1.44. The molecule has 15 heavy (non-hydrogen) atoms. The Morgan fingerprint density at radius 3 is 3.13 bits per heavy atom. The van der Waals surface area contributed by atoms with Crippen LogP contribution in [0.2, 0.25) is 0 Å². The number of hydrogen-bond acceptors (Lipinski definition) is 4. The zero-order valence-corrected chi connectivity index (χ0v) is 8.43. The summed E-state index contributed by atoms with van der Waals surface area (Å²) < 4.78 is 1.78. The normalized spacial score (nSPS) is 10.7. The van der Waals surface area contributed by atoms with Gasteiger partial charge in [0, 0.05) is 25.5 Å². The fourth-order valence-electron chi connectivity index (χ4n) is 1.44. The van der Waals surface area contributed by atoms with Crippen molar-refractivity contribution in [3.63, 3.8) is 0 Å². The van der Waals surface area contributed by atoms with E-state index in [1.54, 1.807) is 16.9 Å². The second kappa shape index (κ2) is 4.75. The molecular weight excluding hydrogens is 192 g/mol. The van der Waals surface area contributed by atoms with Crippen molar-refractivity contribution in [3.8, 4) is 0 Å². The molecule has 0 aliphatic carbocycles. The summed E-state index contributed by atoms with van der Waals surface area (Å²) in [6.07, 6.45) is 7.03. The Bertz CT molecular complexity index is 426. The maximum absolute atomic E-state index is 8.64. The molecule has 0 aromatic carbocycles. The predicted molar refractivity (Wildman–Crippen MR) is 57.8 cm³/mol. The standard InChI is InChI=1S/C10H14N4O/c15-8-2-1-4-11-10-9-3-5-13-14(9)7-6-12-10/h3,5-7,15H,1-2,4,8H2,(H,11,12). The van der Waals surface area contributed by atoms with Gasteiger partial charge >= 0.3 is 0 Å². The van der Waals surface area contributed by atoms with Crippen LogP contribution in [0.25, 0.3) is 5.52 Å². The molecule has 0 radical (unpaired) electrons. The number of aliphatic hydroxyl groups is 1. The first-order valence-electron chi connectivity index (χ1n) is 5.05. The van der Waals surface area contributed by atoms with Crippen LogP contribution in [0, 0.1) is 0 Å². The van der Waals surface area contributed by atoms with Gasteiger partial charge in [0.25, 0.3) is 0 Å². The number of nitrogens with zero attached hydrogens (tertiary/aromatic N) is 3. The van der Waals surface area contributed by atoms with Crippen LogP contribution < -0.4 is 5.32 Å². The highest BCUT2D eigenvalue weighted by atomic mass is 16.2. The number of aliphatic hydroxyl groups excluding tert-OH is 1. The van der Waals surface area contributed by atoms with Gasteiger partial charge in [0.1, 0.15) is 5.52 Å². The van der Waals surface area contributed by atoms with Gasteiger partial charge in [-0.25, -0.2) is 9.50 Å². The molecule has 0 fully saturated rings. The molecule has 0 atom stereocenters. The molecule has 0 unspecified atom stereocenters. The highest BCUT2D eigenvalue weighted by Crippen LogP contribution is 2.11. The zero-order chi connectivity index (χ0) is 10.5. The van der Waals surface area contributed by atoms with E-state index < -0.39 is 0 Å². The van der Waals surface area contributed by atoms with Crippen molar-refractivity contribution in [2.24, 2.45) is 0 Å². The number of rotatable bonds is 5. The monoisotopic (exact) mass is 206 g/mol. The van der Waals surface area contributed by atoms with Crippen LogP contribution in [-0.2, 0) is 0 Å². The minimum Gasteiger partial charge on any atom is -0.396 e. The number of fused-ring (bicyclic) bond motifs is 1. The molecule has 5 heteroatoms. The third kappa shape index (κ3) is 2.24. The quantitative estimate of drug-likeness (QED) is 0.714. The smallest absolute Gasteiger partial charge is 0.152 e. The zero-order valence-electron chi connectivity index (χ0n) is 8.43. The number of hydrogen-bond donors (Lipinski definition) is 2. The first-order chi connectivity index (χ1) is 7.42. The summed E-state index contributed by atoms with van der Waals surface area (Å²) in [4.78, 5) is 4.24. The average Bonchev–Trinajstić information content (AvgIpc) is 2.73. The lowest BCUT2D eigenvalue weighted by molar-refractivity contribution is 0.286. The number of nitrogens with one attached hydrogen (secondary N) is 1. The molecular formula is C10H14N4O. The Morgan fingerprint density at radius 1 is 1.33 bits per heavy atom. The molecule has 0 aliphatic heterocycles. The molecule has 80 valence electrons. The van der Waals surface area contributed by atoms with E-state index >= 15 is 0 Å². The molecule has 0 saturated carbocycles. The van der Waals surface area contributed by atoms with Crippen LogP contribution >= 0.6 is 0 Å². The van der Waals surface area contributed by atoms with Crippen LogP contribution in [-0.4, -0.2) is 32.9 Å². The summed E-state index contributed by atoms with van der Waals surface area (Å²) in [7, 11) is 0. The van der Waals surface area contributed by atoms with E-state index in [0.29, 0.717) is 0 Å². The lowest BCUT2D eigenvalue weighted by Crippen LogP contribution is -2.05. The van der Waals surface area contributed by atoms with E-state index in [2.05, 4.69) is 15.4 Å². The van der Waals surface area contributed by atoms with Gasteiger partial charge in [-0.2, -0.15) is 5.10 Å². The van der Waals surface area contributed by atoms with E-state index in [9.17, 15) is 0 Å². The van der Waals surface area contributed by atoms with Crippen molar-refractivity contribution in [2.75, 3.05) is 18.5 Å². The van der Waals surface area contributed by atoms with Crippen LogP contribution in [0.4, 0.5) is 5.82 Å². The number of aromatic nitrogens is 3. The van der Waals surface area contributed by atoms with Crippen molar-refractivity contribution in [3.05, 3.63) is 24.7 Å². The van der Waals surface area contributed by atoms with Crippen LogP contribution in [0.15, 0.2) is 24.7 Å². The largest absolute Gasteiger partial charge is 0.396 e. The molecule has 0 spiro atoms. The molecule has 2 aromatic heterocycles. The molecule has 5 nitrogen and oxygen atoms in total. The van der Waals surface area contributed by atoms with E-state index in [-0.39, 0.29) is 6.61 Å². The summed E-state index contributed by atoms with van der Waals surface area (Å²) in [5.41, 5.74) is 0.974.